The van der Waals surface area contributed by atoms with Crippen molar-refractivity contribution in [2.75, 3.05) is 7.11 Å². The topological polar surface area (TPSA) is 26.3 Å². The van der Waals surface area contributed by atoms with Crippen LogP contribution in [0.15, 0.2) is 0 Å². The molecule has 18 heteroatoms. The smallest absolute Gasteiger partial charge is 0.460 e. The van der Waals surface area contributed by atoms with Crippen LogP contribution in [0.3, 0.4) is 0 Å². The van der Waals surface area contributed by atoms with Crippen LogP contribution in [0.5, 0.6) is 0 Å². The number of hydrogen-bond acceptors (Lipinski definition) is 2. The van der Waals surface area contributed by atoms with Crippen LogP contribution in [-0.4, -0.2) is 59.1 Å². The molecular formula is C12H8BrF15O2. The minimum absolute atomic E-state index is 0.269. The second-order valence-electron chi connectivity index (χ2n) is 5.94. The van der Waals surface area contributed by atoms with Gasteiger partial charge in [0, 0.05) is 6.42 Å². The lowest BCUT2D eigenvalue weighted by molar-refractivity contribution is -0.452. The van der Waals surface area contributed by atoms with Gasteiger partial charge >= 0.3 is 47.7 Å². The molecule has 30 heavy (non-hydrogen) atoms. The monoisotopic (exact) mass is 548 g/mol. The van der Waals surface area contributed by atoms with Crippen LogP contribution in [0.2, 0.25) is 0 Å². The zero-order chi connectivity index (χ0) is 25.0. The molecule has 0 aliphatic rings. The number of halogens is 16. The highest BCUT2D eigenvalue weighted by Gasteiger charge is 2.93. The molecule has 1 unspecified atom stereocenters. The van der Waals surface area contributed by atoms with Gasteiger partial charge in [-0.3, -0.25) is 4.79 Å². The number of esters is 1. The van der Waals surface area contributed by atoms with Crippen LogP contribution in [0, 0.1) is 0 Å². The first-order chi connectivity index (χ1) is 12.7. The van der Waals surface area contributed by atoms with Gasteiger partial charge in [-0.25, -0.2) is 0 Å². The number of alkyl halides is 16. The summed E-state index contributed by atoms with van der Waals surface area (Å²) in [4.78, 5) is 11.2. The van der Waals surface area contributed by atoms with Gasteiger partial charge in [-0.05, 0) is 6.92 Å². The Morgan fingerprint density at radius 1 is 0.667 bits per heavy atom. The van der Waals surface area contributed by atoms with Gasteiger partial charge in [0.15, 0.2) is 0 Å². The molecule has 0 aromatic rings. The van der Waals surface area contributed by atoms with Gasteiger partial charge in [0.25, 0.3) is 0 Å². The lowest BCUT2D eigenvalue weighted by atomic mass is 9.88. The molecule has 0 saturated carbocycles. The van der Waals surface area contributed by atoms with Crippen LogP contribution in [0.4, 0.5) is 65.9 Å². The van der Waals surface area contributed by atoms with Crippen molar-refractivity contribution in [2.45, 2.75) is 59.4 Å². The minimum atomic E-state index is -8.36. The van der Waals surface area contributed by atoms with E-state index in [1.54, 1.807) is 0 Å². The number of hydrogen-bond donors (Lipinski definition) is 0. The van der Waals surface area contributed by atoms with Crippen molar-refractivity contribution in [1.82, 2.24) is 0 Å². The largest absolute Gasteiger partial charge is 0.468 e. The van der Waals surface area contributed by atoms with Gasteiger partial charge in [0.2, 0.25) is 0 Å². The van der Waals surface area contributed by atoms with Crippen molar-refractivity contribution in [3.8, 4) is 0 Å². The Kier molecular flexibility index (Phi) is 7.22. The van der Waals surface area contributed by atoms with E-state index in [1.807, 2.05) is 15.9 Å². The average Bonchev–Trinajstić information content (AvgIpc) is 2.50. The van der Waals surface area contributed by atoms with E-state index in [4.69, 9.17) is 0 Å². The Morgan fingerprint density at radius 3 is 1.27 bits per heavy atom. The molecule has 0 fully saturated rings. The lowest BCUT2D eigenvalue weighted by Gasteiger charge is -2.42. The molecule has 0 bridgehead atoms. The predicted octanol–water partition coefficient (Wildman–Crippen LogP) is 6.08. The summed E-state index contributed by atoms with van der Waals surface area (Å²) in [7, 11) is 0.473. The van der Waals surface area contributed by atoms with Gasteiger partial charge in [0.1, 0.15) is 4.32 Å². The van der Waals surface area contributed by atoms with Gasteiger partial charge in [-0.15, -0.1) is 0 Å². The summed E-state index contributed by atoms with van der Waals surface area (Å²) in [6.45, 7) is 0.269. The van der Waals surface area contributed by atoms with Gasteiger partial charge < -0.3 is 4.74 Å². The second kappa shape index (κ2) is 7.50. The molecule has 0 aliphatic carbocycles. The Balaban J connectivity index is 6.52. The summed E-state index contributed by atoms with van der Waals surface area (Å²) in [6, 6.07) is 0. The van der Waals surface area contributed by atoms with E-state index < -0.39 is 58.4 Å². The number of ether oxygens (including phenoxy) is 1. The zero-order valence-electron chi connectivity index (χ0n) is 14.1. The minimum Gasteiger partial charge on any atom is -0.468 e. The Bertz CT molecular complexity index is 652. The molecule has 0 rings (SSSR count). The highest BCUT2D eigenvalue weighted by Crippen LogP contribution is 2.63. The highest BCUT2D eigenvalue weighted by atomic mass is 79.9. The number of rotatable bonds is 8. The fraction of sp³-hybridized carbons (Fsp3) is 0.917. The summed E-state index contributed by atoms with van der Waals surface area (Å²) in [5.74, 6) is -49.0. The summed E-state index contributed by atoms with van der Waals surface area (Å²) in [6.07, 6.45) is -10.5. The highest BCUT2D eigenvalue weighted by molar-refractivity contribution is 9.10. The van der Waals surface area contributed by atoms with Gasteiger partial charge in [-0.1, -0.05) is 15.9 Å². The molecule has 0 amide bonds. The van der Waals surface area contributed by atoms with E-state index >= 15 is 0 Å². The van der Waals surface area contributed by atoms with Crippen molar-refractivity contribution in [2.24, 2.45) is 0 Å². The third-order valence-corrected chi connectivity index (χ3v) is 4.16. The van der Waals surface area contributed by atoms with E-state index in [0.29, 0.717) is 7.11 Å². The third kappa shape index (κ3) is 4.03. The lowest BCUT2D eigenvalue weighted by Crippen LogP contribution is -2.72. The van der Waals surface area contributed by atoms with Crippen LogP contribution < -0.4 is 0 Å². The molecule has 0 N–H and O–H groups in total. The number of methoxy groups -OCH3 is 1. The average molecular weight is 549 g/mol. The summed E-state index contributed by atoms with van der Waals surface area (Å²) in [5, 5.41) is 0. The summed E-state index contributed by atoms with van der Waals surface area (Å²) >= 11 is 2.01. The summed E-state index contributed by atoms with van der Waals surface area (Å²) in [5.41, 5.74) is 0. The van der Waals surface area contributed by atoms with E-state index in [-0.39, 0.29) is 6.92 Å². The Labute approximate surface area is 164 Å². The third-order valence-electron chi connectivity index (χ3n) is 3.56. The predicted molar refractivity (Wildman–Crippen MR) is 69.7 cm³/mol. The molecule has 180 valence electrons. The molecule has 0 aliphatic heterocycles. The van der Waals surface area contributed by atoms with Crippen LogP contribution in [0.1, 0.15) is 13.3 Å². The molecular weight excluding hydrogens is 541 g/mol. The van der Waals surface area contributed by atoms with Gasteiger partial charge in [-0.2, -0.15) is 65.9 Å². The Hall–Kier alpha value is -1.10. The van der Waals surface area contributed by atoms with Crippen molar-refractivity contribution in [3.05, 3.63) is 0 Å². The Morgan fingerprint density at radius 2 is 0.967 bits per heavy atom. The van der Waals surface area contributed by atoms with E-state index in [9.17, 15) is 70.7 Å². The first-order valence-electron chi connectivity index (χ1n) is 6.80. The maximum Gasteiger partial charge on any atom is 0.460 e. The number of carbonyl (C=O) groups excluding carboxylic acids is 1. The molecule has 2 nitrogen and oxygen atoms in total. The molecule has 0 aromatic carbocycles. The quantitative estimate of drug-likeness (QED) is 0.209. The van der Waals surface area contributed by atoms with Crippen molar-refractivity contribution in [3.63, 3.8) is 0 Å². The maximum atomic E-state index is 13.7. The zero-order valence-corrected chi connectivity index (χ0v) is 15.7. The molecule has 0 saturated heterocycles. The van der Waals surface area contributed by atoms with Gasteiger partial charge in [0.05, 0.1) is 7.11 Å². The molecule has 0 radical (unpaired) electrons. The molecule has 1 atom stereocenters. The maximum absolute atomic E-state index is 13.7. The van der Waals surface area contributed by atoms with E-state index in [0.717, 1.165) is 0 Å². The fourth-order valence-electron chi connectivity index (χ4n) is 1.81. The molecule has 0 heterocycles. The van der Waals surface area contributed by atoms with Crippen molar-refractivity contribution in [1.29, 1.82) is 0 Å². The van der Waals surface area contributed by atoms with Crippen molar-refractivity contribution < 1.29 is 75.4 Å². The fourth-order valence-corrected chi connectivity index (χ4v) is 2.33. The molecule has 0 spiro atoms. The summed E-state index contributed by atoms with van der Waals surface area (Å²) < 4.78 is 196. The van der Waals surface area contributed by atoms with E-state index in [1.165, 1.54) is 0 Å². The van der Waals surface area contributed by atoms with Crippen LogP contribution in [0.25, 0.3) is 0 Å². The first kappa shape index (κ1) is 28.9. The number of carbonyl (C=O) groups is 1. The van der Waals surface area contributed by atoms with Crippen LogP contribution >= 0.6 is 15.9 Å². The van der Waals surface area contributed by atoms with Crippen LogP contribution in [-0.2, 0) is 9.53 Å². The normalized spacial score (nSPS) is 17.5. The SMILES string of the molecule is COC(=O)C(C)(Br)CC(F)(F)C(F)(F)C(F)(F)C(F)(F)C(F)(F)C(F)(F)C(F)(F)F. The molecule has 0 aromatic heterocycles. The second-order valence-corrected chi connectivity index (χ2v) is 7.69. The first-order valence-corrected chi connectivity index (χ1v) is 7.59. The standard InChI is InChI=1S/C12H8BrF15O2/c1-5(13,4(29)30-2)3-6(14,15)7(16,17)8(18,19)9(20,21)10(22,23)11(24,25)12(26,27)28/h3H2,1-2H3. The van der Waals surface area contributed by atoms with Crippen molar-refractivity contribution >= 4 is 21.9 Å². The van der Waals surface area contributed by atoms with E-state index in [2.05, 4.69) is 4.74 Å².